The largest absolute Gasteiger partial charge is 0.490 e. The van der Waals surface area contributed by atoms with Crippen LogP contribution in [0.4, 0.5) is 5.69 Å². The van der Waals surface area contributed by atoms with Crippen molar-refractivity contribution in [3.63, 3.8) is 0 Å². The van der Waals surface area contributed by atoms with Crippen LogP contribution >= 0.6 is 0 Å². The highest BCUT2D eigenvalue weighted by Crippen LogP contribution is 2.15. The Morgan fingerprint density at radius 3 is 2.79 bits per heavy atom. The monoisotopic (exact) mass is 257 g/mol. The van der Waals surface area contributed by atoms with Crippen molar-refractivity contribution in [3.05, 3.63) is 54.4 Å². The quantitative estimate of drug-likeness (QED) is 0.831. The zero-order valence-corrected chi connectivity index (χ0v) is 11.0. The van der Waals surface area contributed by atoms with Crippen molar-refractivity contribution < 1.29 is 4.74 Å². The second-order valence-corrected chi connectivity index (χ2v) is 4.42. The minimum Gasteiger partial charge on any atom is -0.490 e. The van der Waals surface area contributed by atoms with Crippen LogP contribution in [0.25, 0.3) is 0 Å². The molecule has 4 nitrogen and oxygen atoms in total. The van der Waals surface area contributed by atoms with Gasteiger partial charge < -0.3 is 15.8 Å². The summed E-state index contributed by atoms with van der Waals surface area (Å²) in [6, 6.07) is 12.1. The van der Waals surface area contributed by atoms with Crippen molar-refractivity contribution in [3.8, 4) is 5.75 Å². The molecule has 3 N–H and O–H groups in total. The summed E-state index contributed by atoms with van der Waals surface area (Å²) in [5.41, 5.74) is 8.21. The van der Waals surface area contributed by atoms with Crippen LogP contribution in [0.1, 0.15) is 5.56 Å². The zero-order valence-electron chi connectivity index (χ0n) is 11.0. The van der Waals surface area contributed by atoms with E-state index >= 15 is 0 Å². The topological polar surface area (TPSA) is 60.2 Å². The van der Waals surface area contributed by atoms with Gasteiger partial charge in [0.1, 0.15) is 12.4 Å². The van der Waals surface area contributed by atoms with Crippen LogP contribution in [-0.2, 0) is 6.42 Å². The van der Waals surface area contributed by atoms with Gasteiger partial charge in [-0.1, -0.05) is 30.3 Å². The molecule has 2 aromatic rings. The molecule has 0 saturated heterocycles. The first-order valence-corrected chi connectivity index (χ1v) is 6.33. The molecule has 0 aliphatic carbocycles. The summed E-state index contributed by atoms with van der Waals surface area (Å²) >= 11 is 0. The third kappa shape index (κ3) is 4.26. The molecule has 0 spiro atoms. The van der Waals surface area contributed by atoms with Crippen LogP contribution in [0.5, 0.6) is 5.75 Å². The molecule has 1 aromatic carbocycles. The Hall–Kier alpha value is -2.07. The summed E-state index contributed by atoms with van der Waals surface area (Å²) < 4.78 is 5.65. The highest BCUT2D eigenvalue weighted by molar-refractivity contribution is 5.44. The highest BCUT2D eigenvalue weighted by Gasteiger charge is 2.05. The first kappa shape index (κ1) is 13.4. The predicted molar refractivity (Wildman–Crippen MR) is 77.4 cm³/mol. The second kappa shape index (κ2) is 6.75. The van der Waals surface area contributed by atoms with Gasteiger partial charge in [0.05, 0.1) is 18.1 Å². The highest BCUT2D eigenvalue weighted by atomic mass is 16.5. The molecule has 2 rings (SSSR count). The summed E-state index contributed by atoms with van der Waals surface area (Å²) in [6.07, 6.45) is 4.24. The van der Waals surface area contributed by atoms with Gasteiger partial charge in [0.15, 0.2) is 0 Å². The fraction of sp³-hybridized carbons (Fsp3) is 0.267. The standard InChI is InChI=1S/C15H19N3O/c1-17-14-8-15(10-18-9-14)19-11-13(16)7-12-5-3-2-4-6-12/h2-6,8-10,13,17H,7,11,16H2,1H3/t13-/m0/s1. The summed E-state index contributed by atoms with van der Waals surface area (Å²) in [4.78, 5) is 4.09. The number of nitrogens with one attached hydrogen (secondary N) is 1. The minimum absolute atomic E-state index is 0.0272. The summed E-state index contributed by atoms with van der Waals surface area (Å²) in [5.74, 6) is 0.732. The molecule has 0 bridgehead atoms. The Balaban J connectivity index is 1.84. The first-order valence-electron chi connectivity index (χ1n) is 6.33. The molecular formula is C15H19N3O. The van der Waals surface area contributed by atoms with Crippen LogP contribution in [0.2, 0.25) is 0 Å². The maximum atomic E-state index is 6.06. The lowest BCUT2D eigenvalue weighted by molar-refractivity contribution is 0.287. The normalized spacial score (nSPS) is 11.9. The molecule has 4 heteroatoms. The van der Waals surface area contributed by atoms with Crippen molar-refractivity contribution in [2.75, 3.05) is 19.0 Å². The van der Waals surface area contributed by atoms with Gasteiger partial charge in [0.2, 0.25) is 0 Å². The first-order chi connectivity index (χ1) is 9.28. The zero-order chi connectivity index (χ0) is 13.5. The Morgan fingerprint density at radius 1 is 1.26 bits per heavy atom. The van der Waals surface area contributed by atoms with Gasteiger partial charge in [0, 0.05) is 19.2 Å². The molecule has 1 heterocycles. The Kier molecular flexibility index (Phi) is 4.75. The summed E-state index contributed by atoms with van der Waals surface area (Å²) in [5, 5.41) is 3.02. The average Bonchev–Trinajstić information content (AvgIpc) is 2.46. The molecule has 0 unspecified atom stereocenters. The Bertz CT molecular complexity index is 502. The maximum Gasteiger partial charge on any atom is 0.139 e. The Labute approximate surface area is 113 Å². The fourth-order valence-electron chi connectivity index (χ4n) is 1.81. The van der Waals surface area contributed by atoms with Gasteiger partial charge >= 0.3 is 0 Å². The number of aromatic nitrogens is 1. The molecule has 1 aromatic heterocycles. The number of hydrogen-bond acceptors (Lipinski definition) is 4. The molecule has 0 amide bonds. The van der Waals surface area contributed by atoms with Crippen LogP contribution in [0, 0.1) is 0 Å². The van der Waals surface area contributed by atoms with Crippen molar-refractivity contribution in [2.45, 2.75) is 12.5 Å². The van der Waals surface area contributed by atoms with Crippen molar-refractivity contribution in [2.24, 2.45) is 5.73 Å². The van der Waals surface area contributed by atoms with Crippen LogP contribution in [0.3, 0.4) is 0 Å². The van der Waals surface area contributed by atoms with E-state index in [4.69, 9.17) is 10.5 Å². The van der Waals surface area contributed by atoms with Gasteiger partial charge in [-0.3, -0.25) is 4.98 Å². The number of benzene rings is 1. The van der Waals surface area contributed by atoms with Gasteiger partial charge in [0.25, 0.3) is 0 Å². The fourth-order valence-corrected chi connectivity index (χ4v) is 1.81. The number of pyridine rings is 1. The second-order valence-electron chi connectivity index (χ2n) is 4.42. The predicted octanol–water partition coefficient (Wildman–Crippen LogP) is 2.07. The number of ether oxygens (including phenoxy) is 1. The number of rotatable bonds is 6. The smallest absolute Gasteiger partial charge is 0.139 e. The van der Waals surface area contributed by atoms with E-state index in [9.17, 15) is 0 Å². The molecule has 0 radical (unpaired) electrons. The van der Waals surface area contributed by atoms with Gasteiger partial charge in [-0.2, -0.15) is 0 Å². The average molecular weight is 257 g/mol. The van der Waals surface area contributed by atoms with Gasteiger partial charge in [-0.05, 0) is 12.0 Å². The SMILES string of the molecule is CNc1cncc(OC[C@@H](N)Cc2ccccc2)c1. The van der Waals surface area contributed by atoms with E-state index in [-0.39, 0.29) is 6.04 Å². The number of anilines is 1. The molecule has 0 aliphatic rings. The van der Waals surface area contributed by atoms with Gasteiger partial charge in [-0.15, -0.1) is 0 Å². The Morgan fingerprint density at radius 2 is 2.05 bits per heavy atom. The van der Waals surface area contributed by atoms with Crippen LogP contribution in [-0.4, -0.2) is 24.7 Å². The van der Waals surface area contributed by atoms with Crippen molar-refractivity contribution in [1.82, 2.24) is 4.98 Å². The number of nitrogens with two attached hydrogens (primary N) is 1. The third-order valence-corrected chi connectivity index (χ3v) is 2.81. The molecule has 0 saturated carbocycles. The molecule has 0 aliphatic heterocycles. The van der Waals surface area contributed by atoms with E-state index in [2.05, 4.69) is 22.4 Å². The lowest BCUT2D eigenvalue weighted by Crippen LogP contribution is -2.30. The maximum absolute atomic E-state index is 6.06. The van der Waals surface area contributed by atoms with E-state index in [1.165, 1.54) is 5.56 Å². The number of hydrogen-bond donors (Lipinski definition) is 2. The molecule has 1 atom stereocenters. The van der Waals surface area contributed by atoms with Crippen molar-refractivity contribution in [1.29, 1.82) is 0 Å². The van der Waals surface area contributed by atoms with Gasteiger partial charge in [-0.25, -0.2) is 0 Å². The molecular weight excluding hydrogens is 238 g/mol. The molecule has 19 heavy (non-hydrogen) atoms. The van der Waals surface area contributed by atoms with E-state index in [1.54, 1.807) is 12.4 Å². The van der Waals surface area contributed by atoms with Crippen LogP contribution in [0.15, 0.2) is 48.8 Å². The van der Waals surface area contributed by atoms with E-state index in [1.807, 2.05) is 31.3 Å². The number of nitrogens with zero attached hydrogens (tertiary/aromatic N) is 1. The third-order valence-electron chi connectivity index (χ3n) is 2.81. The van der Waals surface area contributed by atoms with E-state index in [0.717, 1.165) is 17.9 Å². The lowest BCUT2D eigenvalue weighted by atomic mass is 10.1. The summed E-state index contributed by atoms with van der Waals surface area (Å²) in [6.45, 7) is 0.476. The molecule has 0 fully saturated rings. The van der Waals surface area contributed by atoms with Crippen LogP contribution < -0.4 is 15.8 Å². The minimum atomic E-state index is -0.0272. The van der Waals surface area contributed by atoms with E-state index in [0.29, 0.717) is 6.61 Å². The lowest BCUT2D eigenvalue weighted by Gasteiger charge is -2.13. The van der Waals surface area contributed by atoms with E-state index < -0.39 is 0 Å². The summed E-state index contributed by atoms with van der Waals surface area (Å²) in [7, 11) is 1.85. The van der Waals surface area contributed by atoms with Crippen molar-refractivity contribution >= 4 is 5.69 Å². The molecule has 100 valence electrons.